The van der Waals surface area contributed by atoms with Crippen molar-refractivity contribution in [1.29, 1.82) is 5.26 Å². The number of nitrogens with one attached hydrogen (secondary N) is 1. The van der Waals surface area contributed by atoms with Crippen LogP contribution in [-0.4, -0.2) is 19.2 Å². The lowest BCUT2D eigenvalue weighted by atomic mass is 10.1. The minimum absolute atomic E-state index is 0.120. The molecule has 1 aliphatic rings. The molecule has 4 heteroatoms. The Morgan fingerprint density at radius 1 is 1.31 bits per heavy atom. The molecule has 0 atom stereocenters. The van der Waals surface area contributed by atoms with Gasteiger partial charge >= 0.3 is 0 Å². The van der Waals surface area contributed by atoms with Gasteiger partial charge in [-0.1, -0.05) is 0 Å². The van der Waals surface area contributed by atoms with Crippen LogP contribution in [0.2, 0.25) is 0 Å². The van der Waals surface area contributed by atoms with E-state index in [0.29, 0.717) is 11.3 Å². The third kappa shape index (κ3) is 2.71. The van der Waals surface area contributed by atoms with Crippen LogP contribution in [0.4, 0.5) is 4.39 Å². The third-order valence-electron chi connectivity index (χ3n) is 2.59. The lowest BCUT2D eigenvalue weighted by molar-refractivity contribution is 0.162. The van der Waals surface area contributed by atoms with Gasteiger partial charge in [-0.2, -0.15) is 5.26 Å². The molecule has 1 aromatic carbocycles. The summed E-state index contributed by atoms with van der Waals surface area (Å²) in [6, 6.07) is 6.01. The highest BCUT2D eigenvalue weighted by atomic mass is 19.1. The van der Waals surface area contributed by atoms with E-state index >= 15 is 0 Å². The van der Waals surface area contributed by atoms with Crippen LogP contribution in [-0.2, 0) is 0 Å². The molecular weight excluding hydrogens is 207 g/mol. The van der Waals surface area contributed by atoms with Gasteiger partial charge in [0, 0.05) is 6.07 Å². The van der Waals surface area contributed by atoms with E-state index in [2.05, 4.69) is 5.32 Å². The smallest absolute Gasteiger partial charge is 0.128 e. The van der Waals surface area contributed by atoms with Crippen LogP contribution < -0.4 is 10.1 Å². The lowest BCUT2D eigenvalue weighted by Gasteiger charge is -2.23. The van der Waals surface area contributed by atoms with Gasteiger partial charge in [0.25, 0.3) is 0 Å². The van der Waals surface area contributed by atoms with Crippen molar-refractivity contribution in [2.75, 3.05) is 13.1 Å². The molecule has 16 heavy (non-hydrogen) atoms. The summed E-state index contributed by atoms with van der Waals surface area (Å²) in [6.07, 6.45) is 1.95. The fourth-order valence-corrected chi connectivity index (χ4v) is 1.80. The molecule has 1 saturated heterocycles. The van der Waals surface area contributed by atoms with Gasteiger partial charge < -0.3 is 10.1 Å². The zero-order chi connectivity index (χ0) is 11.4. The van der Waals surface area contributed by atoms with E-state index < -0.39 is 5.82 Å². The highest BCUT2D eigenvalue weighted by Gasteiger charge is 2.15. The molecule has 1 fully saturated rings. The molecule has 84 valence electrons. The van der Waals surface area contributed by atoms with Crippen LogP contribution in [0.1, 0.15) is 18.4 Å². The van der Waals surface area contributed by atoms with Gasteiger partial charge in [0.1, 0.15) is 17.7 Å². The second-order valence-electron chi connectivity index (χ2n) is 3.85. The van der Waals surface area contributed by atoms with Crippen molar-refractivity contribution < 1.29 is 9.13 Å². The van der Waals surface area contributed by atoms with Crippen molar-refractivity contribution in [3.05, 3.63) is 29.6 Å². The lowest BCUT2D eigenvalue weighted by Crippen LogP contribution is -2.34. The Labute approximate surface area is 93.8 Å². The summed E-state index contributed by atoms with van der Waals surface area (Å²) in [6.45, 7) is 1.84. The van der Waals surface area contributed by atoms with Gasteiger partial charge in [0.05, 0.1) is 11.6 Å². The first-order valence-corrected chi connectivity index (χ1v) is 5.36. The Kier molecular flexibility index (Phi) is 3.37. The van der Waals surface area contributed by atoms with Crippen molar-refractivity contribution in [1.82, 2.24) is 5.32 Å². The highest BCUT2D eigenvalue weighted by molar-refractivity contribution is 5.37. The average Bonchev–Trinajstić information content (AvgIpc) is 2.29. The SMILES string of the molecule is N#Cc1cc(F)cc(OC2CCNCC2)c1. The number of hydrogen-bond acceptors (Lipinski definition) is 3. The molecule has 0 spiro atoms. The second kappa shape index (κ2) is 4.95. The fraction of sp³-hybridized carbons (Fsp3) is 0.417. The molecule has 0 radical (unpaired) electrons. The van der Waals surface area contributed by atoms with Crippen LogP contribution in [0.25, 0.3) is 0 Å². The molecular formula is C12H13FN2O. The Morgan fingerprint density at radius 2 is 2.06 bits per heavy atom. The molecule has 0 aliphatic carbocycles. The molecule has 0 bridgehead atoms. The van der Waals surface area contributed by atoms with E-state index in [1.165, 1.54) is 12.1 Å². The predicted octanol–water partition coefficient (Wildman–Crippen LogP) is 1.83. The summed E-state index contributed by atoms with van der Waals surface area (Å²) in [4.78, 5) is 0. The average molecular weight is 220 g/mol. The summed E-state index contributed by atoms with van der Waals surface area (Å²) in [5.74, 6) is 0.0198. The Bertz CT molecular complexity index is 408. The number of halogens is 1. The van der Waals surface area contributed by atoms with Crippen molar-refractivity contribution in [2.24, 2.45) is 0 Å². The zero-order valence-corrected chi connectivity index (χ0v) is 8.87. The van der Waals surface area contributed by atoms with E-state index in [1.54, 1.807) is 6.07 Å². The number of ether oxygens (including phenoxy) is 1. The molecule has 2 rings (SSSR count). The normalized spacial score (nSPS) is 16.8. The van der Waals surface area contributed by atoms with Crippen LogP contribution in [0.3, 0.4) is 0 Å². The first kappa shape index (κ1) is 10.9. The molecule has 0 aromatic heterocycles. The van der Waals surface area contributed by atoms with Crippen molar-refractivity contribution in [3.8, 4) is 11.8 Å². The van der Waals surface area contributed by atoms with E-state index in [-0.39, 0.29) is 6.10 Å². The Hall–Kier alpha value is -1.60. The van der Waals surface area contributed by atoms with Gasteiger partial charge in [0.2, 0.25) is 0 Å². The number of benzene rings is 1. The molecule has 0 unspecified atom stereocenters. The van der Waals surface area contributed by atoms with E-state index in [4.69, 9.17) is 10.00 Å². The number of piperidine rings is 1. The van der Waals surface area contributed by atoms with Crippen molar-refractivity contribution in [2.45, 2.75) is 18.9 Å². The van der Waals surface area contributed by atoms with Gasteiger partial charge in [-0.3, -0.25) is 0 Å². The molecule has 0 saturated carbocycles. The number of nitrogens with zero attached hydrogens (tertiary/aromatic N) is 1. The third-order valence-corrected chi connectivity index (χ3v) is 2.59. The molecule has 1 aromatic rings. The first-order chi connectivity index (χ1) is 7.78. The van der Waals surface area contributed by atoms with Crippen LogP contribution in [0.15, 0.2) is 18.2 Å². The van der Waals surface area contributed by atoms with Crippen LogP contribution >= 0.6 is 0 Å². The molecule has 3 nitrogen and oxygen atoms in total. The summed E-state index contributed by atoms with van der Waals surface area (Å²) in [5, 5.41) is 11.9. The molecule has 1 aliphatic heterocycles. The summed E-state index contributed by atoms with van der Waals surface area (Å²) < 4.78 is 18.8. The maximum absolute atomic E-state index is 13.1. The summed E-state index contributed by atoms with van der Waals surface area (Å²) in [7, 11) is 0. The Morgan fingerprint density at radius 3 is 2.75 bits per heavy atom. The summed E-state index contributed by atoms with van der Waals surface area (Å²) in [5.41, 5.74) is 0.295. The zero-order valence-electron chi connectivity index (χ0n) is 8.87. The summed E-state index contributed by atoms with van der Waals surface area (Å²) >= 11 is 0. The van der Waals surface area contributed by atoms with E-state index in [9.17, 15) is 4.39 Å². The van der Waals surface area contributed by atoms with Gasteiger partial charge in [-0.05, 0) is 38.1 Å². The minimum Gasteiger partial charge on any atom is -0.490 e. The maximum atomic E-state index is 13.1. The number of nitriles is 1. The van der Waals surface area contributed by atoms with E-state index in [0.717, 1.165) is 25.9 Å². The van der Waals surface area contributed by atoms with Crippen molar-refractivity contribution in [3.63, 3.8) is 0 Å². The number of hydrogen-bond donors (Lipinski definition) is 1. The van der Waals surface area contributed by atoms with Crippen LogP contribution in [0, 0.1) is 17.1 Å². The quantitative estimate of drug-likeness (QED) is 0.827. The molecule has 1 heterocycles. The maximum Gasteiger partial charge on any atom is 0.128 e. The monoisotopic (exact) mass is 220 g/mol. The Balaban J connectivity index is 2.08. The van der Waals surface area contributed by atoms with Gasteiger partial charge in [0.15, 0.2) is 0 Å². The first-order valence-electron chi connectivity index (χ1n) is 5.36. The standard InChI is InChI=1S/C12H13FN2O/c13-10-5-9(8-14)6-12(7-10)16-11-1-3-15-4-2-11/h5-7,11,15H,1-4H2. The largest absolute Gasteiger partial charge is 0.490 e. The molecule has 1 N–H and O–H groups in total. The fourth-order valence-electron chi connectivity index (χ4n) is 1.80. The predicted molar refractivity (Wildman–Crippen MR) is 57.6 cm³/mol. The van der Waals surface area contributed by atoms with Gasteiger partial charge in [-0.15, -0.1) is 0 Å². The van der Waals surface area contributed by atoms with Crippen molar-refractivity contribution >= 4 is 0 Å². The minimum atomic E-state index is -0.428. The topological polar surface area (TPSA) is 45.0 Å². The molecule has 0 amide bonds. The van der Waals surface area contributed by atoms with Crippen LogP contribution in [0.5, 0.6) is 5.75 Å². The van der Waals surface area contributed by atoms with E-state index in [1.807, 2.05) is 6.07 Å². The second-order valence-corrected chi connectivity index (χ2v) is 3.85. The van der Waals surface area contributed by atoms with Gasteiger partial charge in [-0.25, -0.2) is 4.39 Å². The number of rotatable bonds is 2. The highest BCUT2D eigenvalue weighted by Crippen LogP contribution is 2.19.